The Morgan fingerprint density at radius 3 is 2.72 bits per heavy atom. The molecule has 1 fully saturated rings. The van der Waals surface area contributed by atoms with Gasteiger partial charge in [0, 0.05) is 13.0 Å². The summed E-state index contributed by atoms with van der Waals surface area (Å²) in [6.07, 6.45) is 4.92. The van der Waals surface area contributed by atoms with Crippen molar-refractivity contribution < 1.29 is 19.2 Å². The lowest BCUT2D eigenvalue weighted by molar-refractivity contribution is -0.928. The molecular formula is C19H30N3O3+. The molecule has 1 aliphatic rings. The van der Waals surface area contributed by atoms with Crippen LogP contribution in [0.2, 0.25) is 0 Å². The van der Waals surface area contributed by atoms with Crippen LogP contribution in [-0.2, 0) is 9.59 Å². The van der Waals surface area contributed by atoms with Crippen molar-refractivity contribution in [1.82, 2.24) is 10.6 Å². The van der Waals surface area contributed by atoms with E-state index in [2.05, 4.69) is 17.6 Å². The Morgan fingerprint density at radius 2 is 1.96 bits per heavy atom. The highest BCUT2D eigenvalue weighted by molar-refractivity contribution is 5.85. The molecule has 1 aromatic carbocycles. The van der Waals surface area contributed by atoms with E-state index in [1.165, 1.54) is 25.8 Å². The molecule has 3 N–H and O–H groups in total. The largest absolute Gasteiger partial charge is 0.484 e. The highest BCUT2D eigenvalue weighted by Gasteiger charge is 2.20. The standard InChI is InChI=1S/C19H29N3O3/c1-16-8-5-6-12-22(16)13-7-11-20-18(23)14-21-19(24)15-25-17-9-3-2-4-10-17/h2-4,9-10,16H,5-8,11-15H2,1H3,(H,20,23)(H,21,24)/p+1/t16-/m1/s1. The van der Waals surface area contributed by atoms with Gasteiger partial charge in [-0.25, -0.2) is 0 Å². The van der Waals surface area contributed by atoms with Crippen LogP contribution in [0.25, 0.3) is 0 Å². The topological polar surface area (TPSA) is 71.9 Å². The van der Waals surface area contributed by atoms with Gasteiger partial charge in [0.05, 0.1) is 25.7 Å². The molecule has 1 heterocycles. The summed E-state index contributed by atoms with van der Waals surface area (Å²) < 4.78 is 5.33. The van der Waals surface area contributed by atoms with Crippen LogP contribution in [0, 0.1) is 0 Å². The van der Waals surface area contributed by atoms with Crippen molar-refractivity contribution in [3.8, 4) is 5.75 Å². The summed E-state index contributed by atoms with van der Waals surface area (Å²) in [6, 6.07) is 9.86. The number of quaternary nitrogens is 1. The fraction of sp³-hybridized carbons (Fsp3) is 0.579. The molecule has 2 amide bonds. The molecule has 0 aromatic heterocycles. The Morgan fingerprint density at radius 1 is 1.16 bits per heavy atom. The zero-order chi connectivity index (χ0) is 17.9. The number of hydrogen-bond donors (Lipinski definition) is 3. The number of piperidine rings is 1. The quantitative estimate of drug-likeness (QED) is 0.556. The molecule has 1 aromatic rings. The summed E-state index contributed by atoms with van der Waals surface area (Å²) in [5.74, 6) is 0.178. The summed E-state index contributed by atoms with van der Waals surface area (Å²) in [5.41, 5.74) is 0. The van der Waals surface area contributed by atoms with E-state index < -0.39 is 0 Å². The number of para-hydroxylation sites is 1. The molecule has 0 spiro atoms. The molecular weight excluding hydrogens is 318 g/mol. The van der Waals surface area contributed by atoms with Gasteiger partial charge in [0.25, 0.3) is 5.91 Å². The molecule has 0 aliphatic carbocycles. The predicted octanol–water partition coefficient (Wildman–Crippen LogP) is 0.145. The van der Waals surface area contributed by atoms with Crippen LogP contribution < -0.4 is 20.3 Å². The first-order valence-corrected chi connectivity index (χ1v) is 9.21. The monoisotopic (exact) mass is 348 g/mol. The second kappa shape index (κ2) is 10.7. The van der Waals surface area contributed by atoms with Crippen LogP contribution in [-0.4, -0.2) is 50.6 Å². The molecule has 6 nitrogen and oxygen atoms in total. The molecule has 138 valence electrons. The molecule has 6 heteroatoms. The molecule has 1 saturated heterocycles. The van der Waals surface area contributed by atoms with Crippen LogP contribution in [0.15, 0.2) is 30.3 Å². The van der Waals surface area contributed by atoms with E-state index in [4.69, 9.17) is 4.74 Å². The van der Waals surface area contributed by atoms with Crippen LogP contribution in [0.4, 0.5) is 0 Å². The minimum absolute atomic E-state index is 0.00996. The first-order valence-electron chi connectivity index (χ1n) is 9.21. The van der Waals surface area contributed by atoms with Gasteiger partial charge in [0.2, 0.25) is 5.91 Å². The van der Waals surface area contributed by atoms with E-state index in [1.54, 1.807) is 17.0 Å². The van der Waals surface area contributed by atoms with Gasteiger partial charge in [-0.2, -0.15) is 0 Å². The summed E-state index contributed by atoms with van der Waals surface area (Å²) in [4.78, 5) is 25.1. The second-order valence-corrected chi connectivity index (χ2v) is 6.64. The van der Waals surface area contributed by atoms with Gasteiger partial charge in [-0.15, -0.1) is 0 Å². The van der Waals surface area contributed by atoms with Crippen LogP contribution in [0.3, 0.4) is 0 Å². The zero-order valence-corrected chi connectivity index (χ0v) is 15.1. The van der Waals surface area contributed by atoms with Gasteiger partial charge in [0.1, 0.15) is 5.75 Å². The number of hydrogen-bond acceptors (Lipinski definition) is 3. The number of carbonyl (C=O) groups excluding carboxylic acids is 2. The normalized spacial score (nSPS) is 19.9. The molecule has 0 radical (unpaired) electrons. The first kappa shape index (κ1) is 19.2. The fourth-order valence-electron chi connectivity index (χ4n) is 3.13. The van der Waals surface area contributed by atoms with Gasteiger partial charge in [-0.3, -0.25) is 9.59 Å². The van der Waals surface area contributed by atoms with Crippen molar-refractivity contribution in [2.75, 3.05) is 32.8 Å². The van der Waals surface area contributed by atoms with Crippen molar-refractivity contribution in [3.05, 3.63) is 30.3 Å². The third kappa shape index (κ3) is 7.56. The lowest BCUT2D eigenvalue weighted by Crippen LogP contribution is -3.16. The van der Waals surface area contributed by atoms with Crippen molar-refractivity contribution >= 4 is 11.8 Å². The van der Waals surface area contributed by atoms with E-state index in [0.717, 1.165) is 19.0 Å². The van der Waals surface area contributed by atoms with E-state index in [9.17, 15) is 9.59 Å². The molecule has 1 unspecified atom stereocenters. The molecule has 1 aliphatic heterocycles. The molecule has 0 bridgehead atoms. The molecule has 25 heavy (non-hydrogen) atoms. The predicted molar refractivity (Wildman–Crippen MR) is 96.6 cm³/mol. The molecule has 0 saturated carbocycles. The number of benzene rings is 1. The number of nitrogens with one attached hydrogen (secondary N) is 3. The summed E-state index contributed by atoms with van der Waals surface area (Å²) in [7, 11) is 0. The minimum Gasteiger partial charge on any atom is -0.484 e. The number of rotatable bonds is 9. The minimum atomic E-state index is -0.300. The van der Waals surface area contributed by atoms with E-state index in [0.29, 0.717) is 12.3 Å². The van der Waals surface area contributed by atoms with Crippen molar-refractivity contribution in [1.29, 1.82) is 0 Å². The number of likely N-dealkylation sites (tertiary alicyclic amines) is 1. The zero-order valence-electron chi connectivity index (χ0n) is 15.1. The molecule has 2 atom stereocenters. The SMILES string of the molecule is C[C@@H]1CCCC[NH+]1CCCNC(=O)CNC(=O)COc1ccccc1. The van der Waals surface area contributed by atoms with Crippen molar-refractivity contribution in [2.45, 2.75) is 38.6 Å². The van der Waals surface area contributed by atoms with E-state index >= 15 is 0 Å². The number of amides is 2. The van der Waals surface area contributed by atoms with Gasteiger partial charge in [-0.1, -0.05) is 18.2 Å². The summed E-state index contributed by atoms with van der Waals surface area (Å²) in [6.45, 7) is 5.20. The Hall–Kier alpha value is -2.08. The highest BCUT2D eigenvalue weighted by Crippen LogP contribution is 2.07. The maximum Gasteiger partial charge on any atom is 0.258 e. The Labute approximate surface area is 149 Å². The lowest BCUT2D eigenvalue weighted by Gasteiger charge is -2.30. The fourth-order valence-corrected chi connectivity index (χ4v) is 3.13. The number of ether oxygens (including phenoxy) is 1. The maximum atomic E-state index is 11.8. The maximum absolute atomic E-state index is 11.8. The first-order chi connectivity index (χ1) is 12.1. The Bertz CT molecular complexity index is 536. The number of carbonyl (C=O) groups is 2. The van der Waals surface area contributed by atoms with Gasteiger partial charge < -0.3 is 20.3 Å². The van der Waals surface area contributed by atoms with Crippen molar-refractivity contribution in [2.24, 2.45) is 0 Å². The van der Waals surface area contributed by atoms with E-state index in [1.807, 2.05) is 18.2 Å². The van der Waals surface area contributed by atoms with Crippen LogP contribution in [0.1, 0.15) is 32.6 Å². The van der Waals surface area contributed by atoms with Gasteiger partial charge in [0.15, 0.2) is 6.61 Å². The third-order valence-electron chi connectivity index (χ3n) is 4.64. The second-order valence-electron chi connectivity index (χ2n) is 6.64. The summed E-state index contributed by atoms with van der Waals surface area (Å²) in [5, 5.41) is 5.43. The average molecular weight is 348 g/mol. The third-order valence-corrected chi connectivity index (χ3v) is 4.64. The van der Waals surface area contributed by atoms with Crippen molar-refractivity contribution in [3.63, 3.8) is 0 Å². The Balaban J connectivity index is 1.51. The van der Waals surface area contributed by atoms with Gasteiger partial charge >= 0.3 is 0 Å². The average Bonchev–Trinajstić information content (AvgIpc) is 2.64. The molecule has 2 rings (SSSR count). The smallest absolute Gasteiger partial charge is 0.258 e. The lowest BCUT2D eigenvalue weighted by atomic mass is 10.0. The van der Waals surface area contributed by atoms with Crippen LogP contribution in [0.5, 0.6) is 5.75 Å². The van der Waals surface area contributed by atoms with E-state index in [-0.39, 0.29) is 25.0 Å². The van der Waals surface area contributed by atoms with Crippen LogP contribution >= 0.6 is 0 Å². The van der Waals surface area contributed by atoms with Gasteiger partial charge in [-0.05, 0) is 38.3 Å². The summed E-state index contributed by atoms with van der Waals surface area (Å²) >= 11 is 0. The highest BCUT2D eigenvalue weighted by atomic mass is 16.5. The Kier molecular flexibility index (Phi) is 8.25.